The quantitative estimate of drug-likeness (QED) is 0.756. The fourth-order valence-electron chi connectivity index (χ4n) is 1.75. The van der Waals surface area contributed by atoms with E-state index in [9.17, 15) is 9.59 Å². The van der Waals surface area contributed by atoms with Crippen molar-refractivity contribution >= 4 is 22.8 Å². The van der Waals surface area contributed by atoms with Gasteiger partial charge in [-0.05, 0) is 32.9 Å². The second kappa shape index (κ2) is 4.38. The van der Waals surface area contributed by atoms with E-state index >= 15 is 0 Å². The van der Waals surface area contributed by atoms with Gasteiger partial charge < -0.3 is 16.0 Å². The maximum absolute atomic E-state index is 12.2. The number of fused-ring (bicyclic) bond motifs is 1. The van der Waals surface area contributed by atoms with E-state index in [1.54, 1.807) is 18.2 Å². The fraction of sp³-hybridized carbons (Fsp3) is 0.308. The van der Waals surface area contributed by atoms with Gasteiger partial charge in [-0.25, -0.2) is 4.98 Å². The minimum absolute atomic E-state index is 0.0472. The number of imidazole rings is 1. The number of carbonyl (C=O) groups is 2. The lowest BCUT2D eigenvalue weighted by atomic mass is 10.1. The number of H-pyrrole nitrogens is 1. The predicted molar refractivity (Wildman–Crippen MR) is 71.8 cm³/mol. The summed E-state index contributed by atoms with van der Waals surface area (Å²) in [6.07, 6.45) is 0. The standard InChI is InChI=1S/C13H16N4O2/c1-13(2,3)17-12(19)7-5-4-6-8-9(7)16-11(15-8)10(14)18/h4-6H,1-3H3,(H2,14,18)(H,15,16)(H,17,19). The van der Waals surface area contributed by atoms with Crippen LogP contribution in [-0.4, -0.2) is 27.3 Å². The topological polar surface area (TPSA) is 101 Å². The number of amides is 2. The van der Waals surface area contributed by atoms with Crippen molar-refractivity contribution in [3.63, 3.8) is 0 Å². The first-order chi connectivity index (χ1) is 8.78. The van der Waals surface area contributed by atoms with Crippen molar-refractivity contribution in [3.8, 4) is 0 Å². The average molecular weight is 260 g/mol. The van der Waals surface area contributed by atoms with E-state index in [1.165, 1.54) is 0 Å². The van der Waals surface area contributed by atoms with Gasteiger partial charge in [0.15, 0.2) is 5.82 Å². The van der Waals surface area contributed by atoms with Crippen molar-refractivity contribution < 1.29 is 9.59 Å². The van der Waals surface area contributed by atoms with Crippen molar-refractivity contribution in [1.82, 2.24) is 15.3 Å². The van der Waals surface area contributed by atoms with Crippen LogP contribution in [0, 0.1) is 0 Å². The van der Waals surface area contributed by atoms with Gasteiger partial charge in [-0.2, -0.15) is 0 Å². The normalized spacial score (nSPS) is 11.5. The monoisotopic (exact) mass is 260 g/mol. The molecule has 6 heteroatoms. The Kier molecular flexibility index (Phi) is 3.01. The van der Waals surface area contributed by atoms with Crippen LogP contribution in [0.4, 0.5) is 0 Å². The highest BCUT2D eigenvalue weighted by atomic mass is 16.2. The van der Waals surface area contributed by atoms with Gasteiger partial charge >= 0.3 is 0 Å². The van der Waals surface area contributed by atoms with Crippen molar-refractivity contribution in [2.45, 2.75) is 26.3 Å². The van der Waals surface area contributed by atoms with Crippen LogP contribution in [0.5, 0.6) is 0 Å². The lowest BCUT2D eigenvalue weighted by Gasteiger charge is -2.20. The van der Waals surface area contributed by atoms with Gasteiger partial charge in [-0.3, -0.25) is 9.59 Å². The molecule has 0 radical (unpaired) electrons. The molecule has 2 amide bonds. The fourth-order valence-corrected chi connectivity index (χ4v) is 1.75. The van der Waals surface area contributed by atoms with Crippen LogP contribution in [0.25, 0.3) is 11.0 Å². The van der Waals surface area contributed by atoms with Crippen LogP contribution in [0.15, 0.2) is 18.2 Å². The summed E-state index contributed by atoms with van der Waals surface area (Å²) >= 11 is 0. The SMILES string of the molecule is CC(C)(C)NC(=O)c1cccc2nc(C(N)=O)[nH]c12. The van der Waals surface area contributed by atoms with Gasteiger partial charge in [-0.1, -0.05) is 6.07 Å². The molecule has 2 rings (SSSR count). The molecule has 0 fully saturated rings. The number of primary amides is 1. The molecular weight excluding hydrogens is 244 g/mol. The number of hydrogen-bond donors (Lipinski definition) is 3. The molecule has 1 aromatic heterocycles. The number of nitrogens with zero attached hydrogens (tertiary/aromatic N) is 1. The van der Waals surface area contributed by atoms with E-state index in [0.29, 0.717) is 16.6 Å². The lowest BCUT2D eigenvalue weighted by Crippen LogP contribution is -2.40. The number of benzene rings is 1. The van der Waals surface area contributed by atoms with Crippen molar-refractivity contribution in [1.29, 1.82) is 0 Å². The molecular formula is C13H16N4O2. The van der Waals surface area contributed by atoms with Gasteiger partial charge in [-0.15, -0.1) is 0 Å². The van der Waals surface area contributed by atoms with E-state index in [-0.39, 0.29) is 17.3 Å². The molecule has 0 bridgehead atoms. The summed E-state index contributed by atoms with van der Waals surface area (Å²) in [4.78, 5) is 30.1. The minimum Gasteiger partial charge on any atom is -0.363 e. The minimum atomic E-state index is -0.654. The predicted octanol–water partition coefficient (Wildman–Crippen LogP) is 1.19. The van der Waals surface area contributed by atoms with Crippen molar-refractivity contribution in [2.24, 2.45) is 5.73 Å². The van der Waals surface area contributed by atoms with Crippen molar-refractivity contribution in [3.05, 3.63) is 29.6 Å². The highest BCUT2D eigenvalue weighted by Gasteiger charge is 2.19. The molecule has 0 aliphatic heterocycles. The summed E-state index contributed by atoms with van der Waals surface area (Å²) in [6, 6.07) is 5.10. The smallest absolute Gasteiger partial charge is 0.284 e. The first-order valence-corrected chi connectivity index (χ1v) is 5.89. The Hall–Kier alpha value is -2.37. The third-order valence-electron chi connectivity index (χ3n) is 2.48. The highest BCUT2D eigenvalue weighted by molar-refractivity contribution is 6.06. The first-order valence-electron chi connectivity index (χ1n) is 5.89. The van der Waals surface area contributed by atoms with Gasteiger partial charge in [0.1, 0.15) is 0 Å². The Bertz CT molecular complexity index is 652. The zero-order valence-corrected chi connectivity index (χ0v) is 11.1. The van der Waals surface area contributed by atoms with E-state index in [4.69, 9.17) is 5.73 Å². The average Bonchev–Trinajstić information content (AvgIpc) is 2.69. The summed E-state index contributed by atoms with van der Waals surface area (Å²) in [5.41, 5.74) is 6.32. The Morgan fingerprint density at radius 3 is 2.58 bits per heavy atom. The summed E-state index contributed by atoms with van der Waals surface area (Å²) in [7, 11) is 0. The van der Waals surface area contributed by atoms with Gasteiger partial charge in [0.25, 0.3) is 11.8 Å². The number of aromatic nitrogens is 2. The van der Waals surface area contributed by atoms with E-state index in [0.717, 1.165) is 0 Å². The molecule has 0 saturated carbocycles. The molecule has 0 atom stereocenters. The zero-order chi connectivity index (χ0) is 14.2. The van der Waals surface area contributed by atoms with Crippen LogP contribution in [-0.2, 0) is 0 Å². The third-order valence-corrected chi connectivity index (χ3v) is 2.48. The van der Waals surface area contributed by atoms with Crippen LogP contribution < -0.4 is 11.1 Å². The van der Waals surface area contributed by atoms with Gasteiger partial charge in [0, 0.05) is 5.54 Å². The third kappa shape index (κ3) is 2.73. The Balaban J connectivity index is 2.49. The molecule has 0 spiro atoms. The summed E-state index contributed by atoms with van der Waals surface area (Å²) in [5.74, 6) is -0.831. The van der Waals surface area contributed by atoms with E-state index in [2.05, 4.69) is 15.3 Å². The number of nitrogens with two attached hydrogens (primary N) is 1. The van der Waals surface area contributed by atoms with Crippen LogP contribution in [0.3, 0.4) is 0 Å². The summed E-state index contributed by atoms with van der Waals surface area (Å²) in [5, 5.41) is 2.86. The number of para-hydroxylation sites is 1. The first kappa shape index (κ1) is 13.1. The number of rotatable bonds is 2. The Morgan fingerprint density at radius 1 is 1.32 bits per heavy atom. The van der Waals surface area contributed by atoms with Crippen LogP contribution in [0.1, 0.15) is 41.7 Å². The molecule has 0 saturated heterocycles. The number of hydrogen-bond acceptors (Lipinski definition) is 3. The molecule has 0 unspecified atom stereocenters. The lowest BCUT2D eigenvalue weighted by molar-refractivity contribution is 0.0919. The second-order valence-electron chi connectivity index (χ2n) is 5.35. The molecule has 0 aliphatic carbocycles. The number of carbonyl (C=O) groups excluding carboxylic acids is 2. The molecule has 100 valence electrons. The molecule has 2 aromatic rings. The Labute approximate surface area is 110 Å². The van der Waals surface area contributed by atoms with Gasteiger partial charge in [0.2, 0.25) is 0 Å². The van der Waals surface area contributed by atoms with Crippen LogP contribution >= 0.6 is 0 Å². The van der Waals surface area contributed by atoms with Gasteiger partial charge in [0.05, 0.1) is 16.6 Å². The molecule has 1 heterocycles. The molecule has 19 heavy (non-hydrogen) atoms. The van der Waals surface area contributed by atoms with E-state index in [1.807, 2.05) is 20.8 Å². The maximum atomic E-state index is 12.2. The highest BCUT2D eigenvalue weighted by Crippen LogP contribution is 2.17. The summed E-state index contributed by atoms with van der Waals surface area (Å²) < 4.78 is 0. The largest absolute Gasteiger partial charge is 0.363 e. The van der Waals surface area contributed by atoms with Crippen LogP contribution in [0.2, 0.25) is 0 Å². The number of nitrogens with one attached hydrogen (secondary N) is 2. The second-order valence-corrected chi connectivity index (χ2v) is 5.35. The summed E-state index contributed by atoms with van der Waals surface area (Å²) in [6.45, 7) is 5.69. The molecule has 1 aromatic carbocycles. The molecule has 6 nitrogen and oxygen atoms in total. The van der Waals surface area contributed by atoms with E-state index < -0.39 is 5.91 Å². The molecule has 4 N–H and O–H groups in total. The molecule has 0 aliphatic rings. The van der Waals surface area contributed by atoms with Crippen molar-refractivity contribution in [2.75, 3.05) is 0 Å². The number of aromatic amines is 1. The zero-order valence-electron chi connectivity index (χ0n) is 11.1. The Morgan fingerprint density at radius 2 is 2.00 bits per heavy atom. The maximum Gasteiger partial charge on any atom is 0.284 e.